The van der Waals surface area contributed by atoms with Crippen molar-refractivity contribution in [1.29, 1.82) is 0 Å². The van der Waals surface area contributed by atoms with Crippen molar-refractivity contribution >= 4 is 0 Å². The van der Waals surface area contributed by atoms with Gasteiger partial charge < -0.3 is 10.5 Å². The highest BCUT2D eigenvalue weighted by molar-refractivity contribution is 5.35. The van der Waals surface area contributed by atoms with E-state index in [2.05, 4.69) is 4.98 Å². The molecule has 1 saturated carbocycles. The van der Waals surface area contributed by atoms with Crippen molar-refractivity contribution < 1.29 is 9.13 Å². The summed E-state index contributed by atoms with van der Waals surface area (Å²) in [5, 5.41) is 0. The molecule has 0 amide bonds. The van der Waals surface area contributed by atoms with Gasteiger partial charge in [0.15, 0.2) is 0 Å². The molecule has 0 radical (unpaired) electrons. The maximum absolute atomic E-state index is 13.6. The normalized spacial score (nSPS) is 16.1. The van der Waals surface area contributed by atoms with Crippen molar-refractivity contribution in [2.75, 3.05) is 0 Å². The molecular formula is C15H15FN2O. The van der Waals surface area contributed by atoms with Gasteiger partial charge in [0.05, 0.1) is 18.3 Å². The Kier molecular flexibility index (Phi) is 3.17. The number of pyridine rings is 1. The summed E-state index contributed by atoms with van der Waals surface area (Å²) in [6.45, 7) is 0. The van der Waals surface area contributed by atoms with Crippen molar-refractivity contribution in [2.24, 2.45) is 5.73 Å². The lowest BCUT2D eigenvalue weighted by Gasteiger charge is -2.14. The van der Waals surface area contributed by atoms with Crippen LogP contribution in [0.25, 0.3) is 0 Å². The van der Waals surface area contributed by atoms with E-state index in [1.54, 1.807) is 12.3 Å². The highest BCUT2D eigenvalue weighted by Gasteiger charge is 2.23. The molecule has 1 aromatic heterocycles. The molecule has 2 N–H and O–H groups in total. The van der Waals surface area contributed by atoms with Gasteiger partial charge in [0, 0.05) is 11.8 Å². The average molecular weight is 258 g/mol. The molecule has 0 saturated heterocycles. The number of aromatic nitrogens is 1. The van der Waals surface area contributed by atoms with Crippen LogP contribution in [0.2, 0.25) is 0 Å². The Balaban J connectivity index is 1.79. The summed E-state index contributed by atoms with van der Waals surface area (Å²) >= 11 is 0. The minimum absolute atomic E-state index is 0.372. The predicted octanol–water partition coefficient (Wildman–Crippen LogP) is 2.81. The molecule has 0 spiro atoms. The topological polar surface area (TPSA) is 48.1 Å². The van der Waals surface area contributed by atoms with E-state index < -0.39 is 6.04 Å². The Labute approximate surface area is 111 Å². The van der Waals surface area contributed by atoms with Gasteiger partial charge in [0.2, 0.25) is 0 Å². The lowest BCUT2D eigenvalue weighted by molar-refractivity contribution is 0.303. The minimum Gasteiger partial charge on any atom is -0.490 e. The van der Waals surface area contributed by atoms with Gasteiger partial charge in [-0.2, -0.15) is 0 Å². The van der Waals surface area contributed by atoms with Gasteiger partial charge in [-0.3, -0.25) is 4.98 Å². The van der Waals surface area contributed by atoms with Crippen molar-refractivity contribution in [1.82, 2.24) is 4.98 Å². The van der Waals surface area contributed by atoms with E-state index >= 15 is 0 Å². The largest absolute Gasteiger partial charge is 0.490 e. The summed E-state index contributed by atoms with van der Waals surface area (Å²) < 4.78 is 19.3. The van der Waals surface area contributed by atoms with E-state index in [0.29, 0.717) is 11.7 Å². The number of hydrogen-bond donors (Lipinski definition) is 1. The summed E-state index contributed by atoms with van der Waals surface area (Å²) in [4.78, 5) is 3.72. The Hall–Kier alpha value is -1.94. The third-order valence-electron chi connectivity index (χ3n) is 3.21. The van der Waals surface area contributed by atoms with Crippen LogP contribution < -0.4 is 10.5 Å². The van der Waals surface area contributed by atoms with Crippen LogP contribution in [0.4, 0.5) is 4.39 Å². The maximum atomic E-state index is 13.6. The molecule has 1 atom stereocenters. The first-order valence-corrected chi connectivity index (χ1v) is 6.35. The third kappa shape index (κ3) is 2.74. The maximum Gasteiger partial charge on any atom is 0.146 e. The van der Waals surface area contributed by atoms with E-state index in [1.807, 2.05) is 24.3 Å². The molecule has 1 aromatic carbocycles. The number of nitrogens with two attached hydrogens (primary N) is 1. The SMILES string of the molecule is NC(c1ccc(OC2CC2)cc1)c1ccncc1F. The first kappa shape index (κ1) is 12.1. The second kappa shape index (κ2) is 4.97. The Morgan fingerprint density at radius 2 is 1.95 bits per heavy atom. The molecule has 2 aromatic rings. The van der Waals surface area contributed by atoms with Gasteiger partial charge >= 0.3 is 0 Å². The Bertz CT molecular complexity index is 567. The second-order valence-corrected chi connectivity index (χ2v) is 4.76. The highest BCUT2D eigenvalue weighted by atomic mass is 19.1. The average Bonchev–Trinajstić information content (AvgIpc) is 3.23. The van der Waals surface area contributed by atoms with Crippen LogP contribution in [0.15, 0.2) is 42.7 Å². The first-order valence-electron chi connectivity index (χ1n) is 6.35. The van der Waals surface area contributed by atoms with Crippen LogP contribution in [-0.2, 0) is 0 Å². The number of nitrogens with zero attached hydrogens (tertiary/aromatic N) is 1. The van der Waals surface area contributed by atoms with Gasteiger partial charge in [-0.25, -0.2) is 4.39 Å². The zero-order valence-corrected chi connectivity index (χ0v) is 10.4. The molecule has 0 aliphatic heterocycles. The molecular weight excluding hydrogens is 243 g/mol. The summed E-state index contributed by atoms with van der Waals surface area (Å²) in [5.41, 5.74) is 7.38. The Morgan fingerprint density at radius 1 is 1.21 bits per heavy atom. The standard InChI is InChI=1S/C15H15FN2O/c16-14-9-18-8-7-13(14)15(17)10-1-3-11(4-2-10)19-12-5-6-12/h1-4,7-9,12,15H,5-6,17H2. The van der Waals surface area contributed by atoms with E-state index in [0.717, 1.165) is 24.2 Å². The summed E-state index contributed by atoms with van der Waals surface area (Å²) in [5.74, 6) is 0.460. The zero-order valence-electron chi connectivity index (χ0n) is 10.4. The molecule has 1 unspecified atom stereocenters. The van der Waals surface area contributed by atoms with Crippen molar-refractivity contribution in [3.05, 3.63) is 59.7 Å². The van der Waals surface area contributed by atoms with Gasteiger partial charge in [0.1, 0.15) is 11.6 Å². The fourth-order valence-corrected chi connectivity index (χ4v) is 1.95. The van der Waals surface area contributed by atoms with Gasteiger partial charge in [-0.1, -0.05) is 12.1 Å². The monoisotopic (exact) mass is 258 g/mol. The van der Waals surface area contributed by atoms with Crippen LogP contribution >= 0.6 is 0 Å². The molecule has 4 heteroatoms. The summed E-state index contributed by atoms with van der Waals surface area (Å²) in [6, 6.07) is 8.64. The first-order chi connectivity index (χ1) is 9.24. The fourth-order valence-electron chi connectivity index (χ4n) is 1.95. The number of hydrogen-bond acceptors (Lipinski definition) is 3. The number of halogens is 1. The molecule has 98 valence electrons. The molecule has 0 bridgehead atoms. The van der Waals surface area contributed by atoms with Crippen molar-refractivity contribution in [2.45, 2.75) is 25.0 Å². The van der Waals surface area contributed by atoms with Gasteiger partial charge in [-0.15, -0.1) is 0 Å². The minimum atomic E-state index is -0.488. The third-order valence-corrected chi connectivity index (χ3v) is 3.21. The number of benzene rings is 1. The highest BCUT2D eigenvalue weighted by Crippen LogP contribution is 2.28. The lowest BCUT2D eigenvalue weighted by Crippen LogP contribution is -2.13. The van der Waals surface area contributed by atoms with Crippen LogP contribution in [0.1, 0.15) is 30.0 Å². The van der Waals surface area contributed by atoms with Crippen molar-refractivity contribution in [3.8, 4) is 5.75 Å². The van der Waals surface area contributed by atoms with Gasteiger partial charge in [-0.05, 0) is 36.6 Å². The number of rotatable bonds is 4. The van der Waals surface area contributed by atoms with E-state index in [4.69, 9.17) is 10.5 Å². The van der Waals surface area contributed by atoms with Crippen LogP contribution in [0.5, 0.6) is 5.75 Å². The quantitative estimate of drug-likeness (QED) is 0.917. The predicted molar refractivity (Wildman–Crippen MR) is 70.3 cm³/mol. The summed E-state index contributed by atoms with van der Waals surface area (Å²) in [6.07, 6.45) is 5.35. The van der Waals surface area contributed by atoms with Crippen LogP contribution in [0, 0.1) is 5.82 Å². The van der Waals surface area contributed by atoms with Crippen LogP contribution in [-0.4, -0.2) is 11.1 Å². The molecule has 1 heterocycles. The molecule has 1 aliphatic carbocycles. The van der Waals surface area contributed by atoms with Crippen LogP contribution in [0.3, 0.4) is 0 Å². The van der Waals surface area contributed by atoms with E-state index in [1.165, 1.54) is 6.20 Å². The molecule has 1 aliphatic rings. The second-order valence-electron chi connectivity index (χ2n) is 4.76. The zero-order chi connectivity index (χ0) is 13.2. The van der Waals surface area contributed by atoms with Crippen molar-refractivity contribution in [3.63, 3.8) is 0 Å². The molecule has 1 fully saturated rings. The van der Waals surface area contributed by atoms with E-state index in [9.17, 15) is 4.39 Å². The molecule has 3 nitrogen and oxygen atoms in total. The molecule has 19 heavy (non-hydrogen) atoms. The Morgan fingerprint density at radius 3 is 2.58 bits per heavy atom. The van der Waals surface area contributed by atoms with Gasteiger partial charge in [0.25, 0.3) is 0 Å². The lowest BCUT2D eigenvalue weighted by atomic mass is 10.0. The number of ether oxygens (including phenoxy) is 1. The van der Waals surface area contributed by atoms with E-state index in [-0.39, 0.29) is 5.82 Å². The summed E-state index contributed by atoms with van der Waals surface area (Å²) in [7, 11) is 0. The fraction of sp³-hybridized carbons (Fsp3) is 0.267. The smallest absolute Gasteiger partial charge is 0.146 e. The molecule has 3 rings (SSSR count).